The number of halogens is 1. The monoisotopic (exact) mass is 321 g/mol. The quantitative estimate of drug-likeness (QED) is 0.839. The van der Waals surface area contributed by atoms with E-state index in [9.17, 15) is 5.26 Å². The van der Waals surface area contributed by atoms with Crippen molar-refractivity contribution < 1.29 is 9.47 Å². The normalized spacial score (nSPS) is 25.5. The molecule has 0 saturated carbocycles. The number of nitriles is 1. The third kappa shape index (κ3) is 2.50. The first-order valence-corrected chi connectivity index (χ1v) is 7.45. The minimum Gasteiger partial charge on any atom is -0.493 e. The molecule has 2 aliphatic rings. The SMILES string of the molecule is N#CC1(Cc2cc(Br)cc3c2OCC3)CCCOC1. The van der Waals surface area contributed by atoms with Gasteiger partial charge in [-0.1, -0.05) is 15.9 Å². The van der Waals surface area contributed by atoms with Crippen LogP contribution in [0.3, 0.4) is 0 Å². The van der Waals surface area contributed by atoms with Crippen LogP contribution in [-0.4, -0.2) is 19.8 Å². The van der Waals surface area contributed by atoms with Crippen LogP contribution in [0.1, 0.15) is 24.0 Å². The highest BCUT2D eigenvalue weighted by atomic mass is 79.9. The van der Waals surface area contributed by atoms with Gasteiger partial charge < -0.3 is 9.47 Å². The molecule has 0 radical (unpaired) electrons. The zero-order valence-corrected chi connectivity index (χ0v) is 12.3. The molecule has 1 unspecified atom stereocenters. The second kappa shape index (κ2) is 5.15. The minimum atomic E-state index is -0.390. The van der Waals surface area contributed by atoms with E-state index < -0.39 is 5.41 Å². The molecule has 4 heteroatoms. The number of ether oxygens (including phenoxy) is 2. The van der Waals surface area contributed by atoms with Crippen LogP contribution in [0.4, 0.5) is 0 Å². The van der Waals surface area contributed by atoms with Crippen molar-refractivity contribution >= 4 is 15.9 Å². The highest BCUT2D eigenvalue weighted by Gasteiger charge is 2.35. The van der Waals surface area contributed by atoms with E-state index in [1.165, 1.54) is 5.56 Å². The number of benzene rings is 1. The van der Waals surface area contributed by atoms with E-state index in [0.717, 1.165) is 48.3 Å². The van der Waals surface area contributed by atoms with Crippen molar-refractivity contribution in [2.45, 2.75) is 25.7 Å². The Balaban J connectivity index is 1.93. The molecule has 19 heavy (non-hydrogen) atoms. The van der Waals surface area contributed by atoms with Crippen molar-refractivity contribution in [3.8, 4) is 11.8 Å². The molecule has 0 aromatic heterocycles. The molecule has 0 amide bonds. The van der Waals surface area contributed by atoms with Gasteiger partial charge in [0.25, 0.3) is 0 Å². The van der Waals surface area contributed by atoms with E-state index in [4.69, 9.17) is 9.47 Å². The van der Waals surface area contributed by atoms with E-state index >= 15 is 0 Å². The number of fused-ring (bicyclic) bond motifs is 1. The average Bonchev–Trinajstić information content (AvgIpc) is 2.88. The second-order valence-electron chi connectivity index (χ2n) is 5.38. The first kappa shape index (κ1) is 13.0. The Labute approximate surface area is 121 Å². The average molecular weight is 322 g/mol. The molecule has 0 bridgehead atoms. The lowest BCUT2D eigenvalue weighted by Gasteiger charge is -2.31. The minimum absolute atomic E-state index is 0.390. The van der Waals surface area contributed by atoms with Crippen molar-refractivity contribution in [1.29, 1.82) is 5.26 Å². The van der Waals surface area contributed by atoms with Gasteiger partial charge in [-0.15, -0.1) is 0 Å². The van der Waals surface area contributed by atoms with Gasteiger partial charge in [-0.05, 0) is 42.5 Å². The molecule has 1 atom stereocenters. The van der Waals surface area contributed by atoms with E-state index in [2.05, 4.69) is 34.1 Å². The van der Waals surface area contributed by atoms with Gasteiger partial charge in [0.15, 0.2) is 0 Å². The summed E-state index contributed by atoms with van der Waals surface area (Å²) < 4.78 is 12.3. The van der Waals surface area contributed by atoms with Crippen molar-refractivity contribution in [1.82, 2.24) is 0 Å². The fraction of sp³-hybridized carbons (Fsp3) is 0.533. The van der Waals surface area contributed by atoms with Crippen LogP contribution in [0.15, 0.2) is 16.6 Å². The molecule has 3 rings (SSSR count). The fourth-order valence-electron chi connectivity index (χ4n) is 2.96. The van der Waals surface area contributed by atoms with Crippen LogP contribution in [0, 0.1) is 16.7 Å². The maximum atomic E-state index is 9.54. The van der Waals surface area contributed by atoms with Gasteiger partial charge in [0.2, 0.25) is 0 Å². The van der Waals surface area contributed by atoms with Crippen molar-refractivity contribution in [3.63, 3.8) is 0 Å². The molecule has 0 spiro atoms. The van der Waals surface area contributed by atoms with Crippen molar-refractivity contribution in [3.05, 3.63) is 27.7 Å². The Morgan fingerprint density at radius 3 is 3.00 bits per heavy atom. The van der Waals surface area contributed by atoms with Crippen LogP contribution in [-0.2, 0) is 17.6 Å². The first-order chi connectivity index (χ1) is 9.22. The second-order valence-corrected chi connectivity index (χ2v) is 6.29. The number of hydrogen-bond acceptors (Lipinski definition) is 3. The lowest BCUT2D eigenvalue weighted by Crippen LogP contribution is -2.32. The summed E-state index contributed by atoms with van der Waals surface area (Å²) in [4.78, 5) is 0. The lowest BCUT2D eigenvalue weighted by atomic mass is 9.78. The maximum Gasteiger partial charge on any atom is 0.125 e. The number of rotatable bonds is 2. The molecular weight excluding hydrogens is 306 g/mol. The molecule has 100 valence electrons. The largest absolute Gasteiger partial charge is 0.493 e. The van der Waals surface area contributed by atoms with Crippen LogP contribution in [0.5, 0.6) is 5.75 Å². The standard InChI is InChI=1S/C15H16BrNO2/c16-13-6-11-2-5-19-14(11)12(7-13)8-15(9-17)3-1-4-18-10-15/h6-7H,1-5,8,10H2. The molecule has 3 nitrogen and oxygen atoms in total. The van der Waals surface area contributed by atoms with E-state index in [-0.39, 0.29) is 0 Å². The van der Waals surface area contributed by atoms with E-state index in [0.29, 0.717) is 13.0 Å². The third-order valence-electron chi connectivity index (χ3n) is 3.91. The zero-order chi connectivity index (χ0) is 13.3. The molecule has 2 aliphatic heterocycles. The first-order valence-electron chi connectivity index (χ1n) is 6.66. The Morgan fingerprint density at radius 2 is 2.26 bits per heavy atom. The summed E-state index contributed by atoms with van der Waals surface area (Å²) in [6, 6.07) is 6.68. The molecule has 0 N–H and O–H groups in total. The molecular formula is C15H16BrNO2. The predicted molar refractivity (Wildman–Crippen MR) is 75.1 cm³/mol. The molecule has 1 saturated heterocycles. The van der Waals surface area contributed by atoms with Gasteiger partial charge in [-0.2, -0.15) is 5.26 Å². The number of hydrogen-bond donors (Lipinski definition) is 0. The molecule has 0 aliphatic carbocycles. The summed E-state index contributed by atoms with van der Waals surface area (Å²) in [5.41, 5.74) is 1.99. The van der Waals surface area contributed by atoms with Crippen LogP contribution < -0.4 is 4.74 Å². The molecule has 1 aromatic carbocycles. The zero-order valence-electron chi connectivity index (χ0n) is 10.7. The Bertz CT molecular complexity index is 530. The summed E-state index contributed by atoms with van der Waals surface area (Å²) in [5, 5.41) is 9.54. The predicted octanol–water partition coefficient (Wildman–Crippen LogP) is 3.25. The van der Waals surface area contributed by atoms with Gasteiger partial charge in [0.05, 0.1) is 24.7 Å². The van der Waals surface area contributed by atoms with Crippen LogP contribution in [0.25, 0.3) is 0 Å². The Hall–Kier alpha value is -1.05. The lowest BCUT2D eigenvalue weighted by molar-refractivity contribution is 0.0221. The van der Waals surface area contributed by atoms with Gasteiger partial charge in [0.1, 0.15) is 5.75 Å². The molecule has 1 aromatic rings. The summed E-state index contributed by atoms with van der Waals surface area (Å²) in [5.74, 6) is 0.989. The third-order valence-corrected chi connectivity index (χ3v) is 4.37. The van der Waals surface area contributed by atoms with Crippen LogP contribution in [0.2, 0.25) is 0 Å². The highest BCUT2D eigenvalue weighted by Crippen LogP contribution is 2.39. The summed E-state index contributed by atoms with van der Waals surface area (Å²) in [6.07, 6.45) is 3.54. The summed E-state index contributed by atoms with van der Waals surface area (Å²) >= 11 is 3.55. The topological polar surface area (TPSA) is 42.2 Å². The Kier molecular flexibility index (Phi) is 3.51. The number of nitrogens with zero attached hydrogens (tertiary/aromatic N) is 1. The van der Waals surface area contributed by atoms with Crippen molar-refractivity contribution in [2.75, 3.05) is 19.8 Å². The van der Waals surface area contributed by atoms with Crippen molar-refractivity contribution in [2.24, 2.45) is 5.41 Å². The molecule has 1 fully saturated rings. The van der Waals surface area contributed by atoms with Crippen LogP contribution >= 0.6 is 15.9 Å². The summed E-state index contributed by atoms with van der Waals surface area (Å²) in [6.45, 7) is 2.05. The van der Waals surface area contributed by atoms with Gasteiger partial charge in [-0.3, -0.25) is 0 Å². The van der Waals surface area contributed by atoms with E-state index in [1.54, 1.807) is 0 Å². The Morgan fingerprint density at radius 1 is 1.37 bits per heavy atom. The van der Waals surface area contributed by atoms with Gasteiger partial charge in [-0.25, -0.2) is 0 Å². The molecule has 2 heterocycles. The fourth-order valence-corrected chi connectivity index (χ4v) is 3.51. The van der Waals surface area contributed by atoms with E-state index in [1.807, 2.05) is 0 Å². The van der Waals surface area contributed by atoms with Gasteiger partial charge in [0, 0.05) is 17.5 Å². The smallest absolute Gasteiger partial charge is 0.125 e. The summed E-state index contributed by atoms with van der Waals surface area (Å²) in [7, 11) is 0. The highest BCUT2D eigenvalue weighted by molar-refractivity contribution is 9.10. The van der Waals surface area contributed by atoms with Gasteiger partial charge >= 0.3 is 0 Å². The maximum absolute atomic E-state index is 9.54.